The van der Waals surface area contributed by atoms with Gasteiger partial charge in [0.05, 0.1) is 0 Å². The second-order valence-corrected chi connectivity index (χ2v) is 9.67. The van der Waals surface area contributed by atoms with E-state index in [1.165, 1.54) is 64.3 Å². The van der Waals surface area contributed by atoms with Gasteiger partial charge in [-0.1, -0.05) is 79.7 Å². The first-order valence-corrected chi connectivity index (χ1v) is 11.7. The Hall–Kier alpha value is -3.42. The van der Waals surface area contributed by atoms with Crippen molar-refractivity contribution in [3.05, 3.63) is 108 Å². The lowest BCUT2D eigenvalue weighted by atomic mass is 9.90. The third-order valence-corrected chi connectivity index (χ3v) is 8.04. The highest BCUT2D eigenvalue weighted by Gasteiger charge is 2.28. The van der Waals surface area contributed by atoms with Crippen molar-refractivity contribution in [3.63, 3.8) is 0 Å². The monoisotopic (exact) mass is 412 g/mol. The second kappa shape index (κ2) is 6.29. The molecule has 7 rings (SSSR count). The highest BCUT2D eigenvalue weighted by atomic mass is 32.1. The van der Waals surface area contributed by atoms with Gasteiger partial charge in [-0.3, -0.25) is 0 Å². The summed E-state index contributed by atoms with van der Waals surface area (Å²) in [6.07, 6.45) is 0. The molecule has 5 aromatic carbocycles. The fourth-order valence-corrected chi connectivity index (χ4v) is 6.56. The van der Waals surface area contributed by atoms with Gasteiger partial charge in [0.1, 0.15) is 0 Å². The van der Waals surface area contributed by atoms with Crippen LogP contribution in [0.1, 0.15) is 24.0 Å². The van der Waals surface area contributed by atoms with E-state index in [-0.39, 0.29) is 0 Å². The number of thiophene rings is 1. The van der Waals surface area contributed by atoms with E-state index in [0.717, 1.165) is 0 Å². The summed E-state index contributed by atoms with van der Waals surface area (Å²) in [7, 11) is 0. The Bertz CT molecular complexity index is 1650. The zero-order valence-electron chi connectivity index (χ0n) is 17.2. The Morgan fingerprint density at radius 3 is 2.23 bits per heavy atom. The van der Waals surface area contributed by atoms with Crippen LogP contribution < -0.4 is 0 Å². The quantitative estimate of drug-likeness (QED) is 0.253. The van der Waals surface area contributed by atoms with Crippen molar-refractivity contribution in [1.29, 1.82) is 0 Å². The van der Waals surface area contributed by atoms with Crippen LogP contribution in [0.15, 0.2) is 97.1 Å². The van der Waals surface area contributed by atoms with Gasteiger partial charge in [0.15, 0.2) is 0 Å². The molecule has 6 aromatic rings. The molecule has 1 aliphatic rings. The van der Waals surface area contributed by atoms with Crippen molar-refractivity contribution in [1.82, 2.24) is 0 Å². The Balaban J connectivity index is 1.46. The Kier molecular flexibility index (Phi) is 3.51. The number of hydrogen-bond acceptors (Lipinski definition) is 1. The fraction of sp³-hybridized carbons (Fsp3) is 0.0667. The van der Waals surface area contributed by atoms with E-state index in [0.29, 0.717) is 5.92 Å². The molecule has 0 aliphatic heterocycles. The molecule has 1 atom stereocenters. The molecule has 0 saturated heterocycles. The van der Waals surface area contributed by atoms with Crippen molar-refractivity contribution in [2.75, 3.05) is 0 Å². The maximum absolute atomic E-state index is 2.40. The molecule has 31 heavy (non-hydrogen) atoms. The predicted molar refractivity (Wildman–Crippen MR) is 135 cm³/mol. The van der Waals surface area contributed by atoms with Crippen LogP contribution in [0.3, 0.4) is 0 Å². The minimum absolute atomic E-state index is 0.393. The number of rotatable bonds is 1. The van der Waals surface area contributed by atoms with Crippen LogP contribution in [0, 0.1) is 0 Å². The van der Waals surface area contributed by atoms with Crippen molar-refractivity contribution < 1.29 is 0 Å². The van der Waals surface area contributed by atoms with Crippen molar-refractivity contribution >= 4 is 42.3 Å². The third-order valence-electron chi connectivity index (χ3n) is 6.90. The molecule has 1 aromatic heterocycles. The smallest absolute Gasteiger partial charge is 0.0361 e. The minimum atomic E-state index is 0.393. The van der Waals surface area contributed by atoms with Gasteiger partial charge >= 0.3 is 0 Å². The molecule has 1 unspecified atom stereocenters. The Morgan fingerprint density at radius 1 is 0.581 bits per heavy atom. The molecule has 1 aliphatic carbocycles. The standard InChI is InChI=1S/C30H20S/c1-18-26-15-19-7-2-3-8-20(19)16-27(26)25-11-6-10-22(30(18)25)21-13-14-24-23-9-4-5-12-28(23)31-29(24)17-21/h2-18H,1H3. The largest absolute Gasteiger partial charge is 0.135 e. The number of benzene rings is 5. The summed E-state index contributed by atoms with van der Waals surface area (Å²) in [4.78, 5) is 0. The van der Waals surface area contributed by atoms with E-state index in [9.17, 15) is 0 Å². The molecule has 0 nitrogen and oxygen atoms in total. The number of hydrogen-bond donors (Lipinski definition) is 0. The predicted octanol–water partition coefficient (Wildman–Crippen LogP) is 9.01. The molecule has 0 amide bonds. The third kappa shape index (κ3) is 2.41. The van der Waals surface area contributed by atoms with E-state index in [4.69, 9.17) is 0 Å². The lowest BCUT2D eigenvalue weighted by molar-refractivity contribution is 0.961. The van der Waals surface area contributed by atoms with E-state index in [1.54, 1.807) is 0 Å². The molecule has 0 fully saturated rings. The minimum Gasteiger partial charge on any atom is -0.135 e. The van der Waals surface area contributed by atoms with Crippen LogP contribution in [0.5, 0.6) is 0 Å². The molecule has 0 radical (unpaired) electrons. The molecule has 0 N–H and O–H groups in total. The molecule has 0 bridgehead atoms. The van der Waals surface area contributed by atoms with Gasteiger partial charge in [-0.15, -0.1) is 11.3 Å². The molecule has 1 heteroatoms. The van der Waals surface area contributed by atoms with Gasteiger partial charge in [0, 0.05) is 26.1 Å². The first kappa shape index (κ1) is 17.3. The normalized spacial score (nSPS) is 14.9. The maximum Gasteiger partial charge on any atom is 0.0361 e. The van der Waals surface area contributed by atoms with Gasteiger partial charge in [-0.05, 0) is 68.4 Å². The zero-order valence-corrected chi connectivity index (χ0v) is 18.0. The zero-order chi connectivity index (χ0) is 20.5. The van der Waals surface area contributed by atoms with Crippen molar-refractivity contribution in [2.24, 2.45) is 0 Å². The lowest BCUT2D eigenvalue weighted by Crippen LogP contribution is -1.93. The first-order chi connectivity index (χ1) is 15.3. The topological polar surface area (TPSA) is 0 Å². The summed E-state index contributed by atoms with van der Waals surface area (Å²) in [6, 6.07) is 36.0. The summed E-state index contributed by atoms with van der Waals surface area (Å²) in [5.74, 6) is 0.393. The molecule has 146 valence electrons. The molecule has 1 heterocycles. The van der Waals surface area contributed by atoms with Gasteiger partial charge in [0.2, 0.25) is 0 Å². The van der Waals surface area contributed by atoms with Gasteiger partial charge in [-0.2, -0.15) is 0 Å². The highest BCUT2D eigenvalue weighted by Crippen LogP contribution is 2.50. The maximum atomic E-state index is 2.40. The van der Waals surface area contributed by atoms with Crippen LogP contribution in [0.25, 0.3) is 53.2 Å². The number of fused-ring (bicyclic) bond motifs is 7. The summed E-state index contributed by atoms with van der Waals surface area (Å²) in [5, 5.41) is 5.37. The summed E-state index contributed by atoms with van der Waals surface area (Å²) in [5.41, 5.74) is 8.38. The molecular formula is C30H20S. The van der Waals surface area contributed by atoms with Gasteiger partial charge in [0.25, 0.3) is 0 Å². The van der Waals surface area contributed by atoms with Crippen LogP contribution in [-0.2, 0) is 0 Å². The lowest BCUT2D eigenvalue weighted by Gasteiger charge is -2.13. The average molecular weight is 413 g/mol. The van der Waals surface area contributed by atoms with Crippen LogP contribution in [-0.4, -0.2) is 0 Å². The van der Waals surface area contributed by atoms with Gasteiger partial charge < -0.3 is 0 Å². The SMILES string of the molecule is CC1c2cc3ccccc3cc2-c2cccc(-c3ccc4c(c3)sc3ccccc34)c21. The van der Waals surface area contributed by atoms with Crippen molar-refractivity contribution in [3.8, 4) is 22.3 Å². The molecule has 0 spiro atoms. The average Bonchev–Trinajstić information content (AvgIpc) is 3.32. The Labute approximate surface area is 185 Å². The van der Waals surface area contributed by atoms with Crippen LogP contribution >= 0.6 is 11.3 Å². The Morgan fingerprint density at radius 2 is 1.32 bits per heavy atom. The van der Waals surface area contributed by atoms with E-state index in [2.05, 4.69) is 104 Å². The fourth-order valence-electron chi connectivity index (χ4n) is 5.42. The van der Waals surface area contributed by atoms with Crippen LogP contribution in [0.4, 0.5) is 0 Å². The van der Waals surface area contributed by atoms with Crippen LogP contribution in [0.2, 0.25) is 0 Å². The summed E-state index contributed by atoms with van der Waals surface area (Å²) in [6.45, 7) is 2.36. The summed E-state index contributed by atoms with van der Waals surface area (Å²) >= 11 is 1.89. The van der Waals surface area contributed by atoms with Gasteiger partial charge in [-0.25, -0.2) is 0 Å². The van der Waals surface area contributed by atoms with Crippen molar-refractivity contribution in [2.45, 2.75) is 12.8 Å². The first-order valence-electron chi connectivity index (χ1n) is 10.9. The highest BCUT2D eigenvalue weighted by molar-refractivity contribution is 7.25. The molecule has 0 saturated carbocycles. The molecular weight excluding hydrogens is 392 g/mol. The van der Waals surface area contributed by atoms with E-state index < -0.39 is 0 Å². The summed E-state index contributed by atoms with van der Waals surface area (Å²) < 4.78 is 2.73. The van der Waals surface area contributed by atoms with E-state index >= 15 is 0 Å². The van der Waals surface area contributed by atoms with E-state index in [1.807, 2.05) is 11.3 Å². The second-order valence-electron chi connectivity index (χ2n) is 8.58.